The number of para-hydroxylation sites is 4. The Kier molecular flexibility index (Phi) is 5.95. The maximum absolute atomic E-state index is 4.48. The lowest BCUT2D eigenvalue weighted by Gasteiger charge is -2.32. The van der Waals surface area contributed by atoms with E-state index in [1.54, 1.807) is 0 Å². The van der Waals surface area contributed by atoms with E-state index >= 15 is 0 Å². The summed E-state index contributed by atoms with van der Waals surface area (Å²) in [5, 5.41) is 2.47. The molecule has 0 radical (unpaired) electrons. The second-order valence-electron chi connectivity index (χ2n) is 13.3. The van der Waals surface area contributed by atoms with Gasteiger partial charge >= 0.3 is 0 Å². The topological polar surface area (TPSA) is 37.0 Å². The number of hydrogen-bond donors (Lipinski definition) is 0. The molecule has 0 saturated carbocycles. The molecule has 0 saturated heterocycles. The largest absolute Gasteiger partial charge is 0.318 e. The number of aromatic nitrogens is 3. The van der Waals surface area contributed by atoms with Crippen LogP contribution in [-0.4, -0.2) is 26.3 Å². The minimum Gasteiger partial charge on any atom is -0.318 e. The second-order valence-corrected chi connectivity index (χ2v) is 13.3. The van der Waals surface area contributed by atoms with Crippen molar-refractivity contribution in [1.82, 2.24) is 19.1 Å². The number of benzene rings is 5. The molecule has 5 nitrogen and oxygen atoms in total. The number of anilines is 2. The summed E-state index contributed by atoms with van der Waals surface area (Å²) in [5.74, 6) is 0. The third-order valence-corrected chi connectivity index (χ3v) is 10.6. The molecule has 1 atom stereocenters. The Hall–Kier alpha value is -6.85. The van der Waals surface area contributed by atoms with Crippen molar-refractivity contribution in [3.05, 3.63) is 182 Å². The van der Waals surface area contributed by atoms with Gasteiger partial charge in [-0.1, -0.05) is 78.9 Å². The van der Waals surface area contributed by atoms with Gasteiger partial charge in [0.1, 0.15) is 11.7 Å². The van der Waals surface area contributed by atoms with Crippen LogP contribution in [0.15, 0.2) is 176 Å². The van der Waals surface area contributed by atoms with Gasteiger partial charge in [0, 0.05) is 82.2 Å². The van der Waals surface area contributed by atoms with Crippen LogP contribution in [0, 0.1) is 0 Å². The Balaban J connectivity index is 1.24. The zero-order valence-electron chi connectivity index (χ0n) is 27.6. The van der Waals surface area contributed by atoms with Gasteiger partial charge < -0.3 is 9.47 Å². The minimum absolute atomic E-state index is 0.0323. The number of pyridine rings is 2. The first-order chi connectivity index (χ1) is 25.3. The molecule has 238 valence electrons. The predicted molar refractivity (Wildman–Crippen MR) is 210 cm³/mol. The maximum atomic E-state index is 4.48. The Labute approximate surface area is 295 Å². The van der Waals surface area contributed by atoms with Crippen LogP contribution >= 0.6 is 0 Å². The summed E-state index contributed by atoms with van der Waals surface area (Å²) >= 11 is 0. The van der Waals surface area contributed by atoms with Crippen molar-refractivity contribution in [2.75, 3.05) is 4.90 Å². The van der Waals surface area contributed by atoms with Crippen LogP contribution in [0.25, 0.3) is 55.3 Å². The molecule has 51 heavy (non-hydrogen) atoms. The van der Waals surface area contributed by atoms with Crippen LogP contribution in [0.4, 0.5) is 22.7 Å². The SMILES string of the molecule is C1=CC2=[N+](c3ccccc3)c3ccccc3N3c4ccc5c6ccccc6n(-c6cc(-c7cccnc7)cc(-c7cccnc7)c6)c5c4C(=C1)C23. The van der Waals surface area contributed by atoms with Crippen LogP contribution in [0.3, 0.4) is 0 Å². The van der Waals surface area contributed by atoms with E-state index in [0.717, 1.165) is 33.6 Å². The first-order valence-electron chi connectivity index (χ1n) is 17.3. The lowest BCUT2D eigenvalue weighted by atomic mass is 9.91. The lowest BCUT2D eigenvalue weighted by Crippen LogP contribution is -2.43. The fourth-order valence-electron chi connectivity index (χ4n) is 8.49. The molecule has 0 amide bonds. The molecule has 1 unspecified atom stereocenters. The minimum atomic E-state index is 0.0323. The van der Waals surface area contributed by atoms with E-state index in [9.17, 15) is 0 Å². The zero-order valence-corrected chi connectivity index (χ0v) is 27.6. The Morgan fingerprint density at radius 2 is 1.31 bits per heavy atom. The fourth-order valence-corrected chi connectivity index (χ4v) is 8.49. The third kappa shape index (κ3) is 4.06. The van der Waals surface area contributed by atoms with Crippen LogP contribution in [0.1, 0.15) is 5.56 Å². The molecular weight excluding hydrogens is 623 g/mol. The van der Waals surface area contributed by atoms with Crippen LogP contribution in [0.5, 0.6) is 0 Å². The summed E-state index contributed by atoms with van der Waals surface area (Å²) in [6.45, 7) is 0. The summed E-state index contributed by atoms with van der Waals surface area (Å²) < 4.78 is 4.93. The molecule has 3 aromatic heterocycles. The summed E-state index contributed by atoms with van der Waals surface area (Å²) in [6, 6.07) is 48.2. The molecule has 8 aromatic rings. The van der Waals surface area contributed by atoms with E-state index < -0.39 is 0 Å². The Bertz CT molecular complexity index is 2740. The van der Waals surface area contributed by atoms with Crippen LogP contribution in [0.2, 0.25) is 0 Å². The van der Waals surface area contributed by atoms with Gasteiger partial charge in [-0.15, -0.1) is 0 Å². The van der Waals surface area contributed by atoms with Gasteiger partial charge in [0.25, 0.3) is 0 Å². The normalized spacial score (nSPS) is 15.6. The standard InChI is InChI=1S/C46H30N5/c1-2-13-34(14-3-1)49-40-18-6-7-19-41(40)51-42-22-21-37-36-15-4-5-17-39(36)50(46(37)44(42)38-16-8-20-43(49)45(38)51)35-26-32(30-11-9-23-47-28-30)25-33(27-35)31-12-10-24-48-29-31/h1-29,45H/q+1. The summed E-state index contributed by atoms with van der Waals surface area (Å²) in [6.07, 6.45) is 14.4. The molecule has 0 spiro atoms. The van der Waals surface area contributed by atoms with Crippen molar-refractivity contribution in [2.45, 2.75) is 6.04 Å². The number of rotatable bonds is 4. The highest BCUT2D eigenvalue weighted by Crippen LogP contribution is 2.55. The highest BCUT2D eigenvalue weighted by atomic mass is 15.3. The average Bonchev–Trinajstić information content (AvgIpc) is 3.73. The van der Waals surface area contributed by atoms with Crippen molar-refractivity contribution < 1.29 is 0 Å². The van der Waals surface area contributed by atoms with E-state index in [2.05, 4.69) is 164 Å². The fraction of sp³-hybridized carbons (Fsp3) is 0.0217. The van der Waals surface area contributed by atoms with Crippen LogP contribution < -0.4 is 9.48 Å². The van der Waals surface area contributed by atoms with Crippen molar-refractivity contribution in [2.24, 2.45) is 0 Å². The molecule has 2 aliphatic heterocycles. The van der Waals surface area contributed by atoms with Gasteiger partial charge in [0.05, 0.1) is 16.7 Å². The van der Waals surface area contributed by atoms with Gasteiger partial charge in [0.2, 0.25) is 17.1 Å². The van der Waals surface area contributed by atoms with Crippen molar-refractivity contribution in [1.29, 1.82) is 0 Å². The Morgan fingerprint density at radius 3 is 2.08 bits per heavy atom. The summed E-state index contributed by atoms with van der Waals surface area (Å²) in [5.41, 5.74) is 16.5. The number of hydrogen-bond acceptors (Lipinski definition) is 3. The van der Waals surface area contributed by atoms with Crippen LogP contribution in [-0.2, 0) is 0 Å². The molecule has 0 fully saturated rings. The monoisotopic (exact) mass is 652 g/mol. The number of nitrogens with zero attached hydrogens (tertiary/aromatic N) is 5. The van der Waals surface area contributed by atoms with Gasteiger partial charge in [-0.25, -0.2) is 0 Å². The lowest BCUT2D eigenvalue weighted by molar-refractivity contribution is 0.931. The van der Waals surface area contributed by atoms with Gasteiger partial charge in [-0.2, -0.15) is 4.58 Å². The summed E-state index contributed by atoms with van der Waals surface area (Å²) in [4.78, 5) is 11.5. The van der Waals surface area contributed by atoms with Gasteiger partial charge in [-0.3, -0.25) is 9.97 Å². The van der Waals surface area contributed by atoms with Crippen molar-refractivity contribution in [3.8, 4) is 27.9 Å². The Morgan fingerprint density at radius 1 is 0.588 bits per heavy atom. The van der Waals surface area contributed by atoms with Crippen molar-refractivity contribution in [3.63, 3.8) is 0 Å². The molecule has 11 rings (SSSR count). The molecular formula is C46H30N5+. The van der Waals surface area contributed by atoms with E-state index in [0.29, 0.717) is 0 Å². The van der Waals surface area contributed by atoms with Crippen molar-refractivity contribution >= 4 is 55.8 Å². The van der Waals surface area contributed by atoms with E-state index in [-0.39, 0.29) is 6.04 Å². The smallest absolute Gasteiger partial charge is 0.235 e. The summed E-state index contributed by atoms with van der Waals surface area (Å²) in [7, 11) is 0. The number of allylic oxidation sites excluding steroid dienone is 2. The molecule has 3 aliphatic rings. The average molecular weight is 653 g/mol. The third-order valence-electron chi connectivity index (χ3n) is 10.6. The second kappa shape index (κ2) is 10.8. The van der Waals surface area contributed by atoms with Gasteiger partial charge in [-0.05, 0) is 65.2 Å². The van der Waals surface area contributed by atoms with E-state index in [1.807, 2.05) is 36.9 Å². The molecule has 5 heterocycles. The molecule has 5 heteroatoms. The quantitative estimate of drug-likeness (QED) is 0.178. The van der Waals surface area contributed by atoms with Gasteiger partial charge in [0.15, 0.2) is 0 Å². The maximum Gasteiger partial charge on any atom is 0.235 e. The first-order valence-corrected chi connectivity index (χ1v) is 17.3. The molecule has 0 N–H and O–H groups in total. The zero-order chi connectivity index (χ0) is 33.5. The number of fused-ring (bicyclic) bond motifs is 9. The van der Waals surface area contributed by atoms with E-state index in [4.69, 9.17) is 0 Å². The van der Waals surface area contributed by atoms with E-state index in [1.165, 1.54) is 55.7 Å². The highest BCUT2D eigenvalue weighted by molar-refractivity contribution is 6.25. The first kappa shape index (κ1) is 28.0. The predicted octanol–water partition coefficient (Wildman–Crippen LogP) is 10.7. The highest BCUT2D eigenvalue weighted by Gasteiger charge is 2.49. The molecule has 5 aromatic carbocycles. The molecule has 1 aliphatic carbocycles. The molecule has 0 bridgehead atoms.